The molecule has 0 radical (unpaired) electrons. The van der Waals surface area contributed by atoms with Crippen LogP contribution in [0.15, 0.2) is 30.3 Å². The molecule has 2 nitrogen and oxygen atoms in total. The van der Waals surface area contributed by atoms with Crippen molar-refractivity contribution in [1.29, 1.82) is 0 Å². The van der Waals surface area contributed by atoms with Gasteiger partial charge in [-0.05, 0) is 18.0 Å². The predicted octanol–water partition coefficient (Wildman–Crippen LogP) is 0.434. The molecule has 0 bridgehead atoms. The highest BCUT2D eigenvalue weighted by atomic mass is 28.3. The van der Waals surface area contributed by atoms with Crippen LogP contribution < -0.4 is 0 Å². The first-order valence-electron chi connectivity index (χ1n) is 3.69. The van der Waals surface area contributed by atoms with E-state index in [1.54, 1.807) is 0 Å². The fraction of sp³-hybridized carbons (Fsp3) is 0.250. The van der Waals surface area contributed by atoms with E-state index in [0.717, 1.165) is 6.42 Å². The van der Waals surface area contributed by atoms with Gasteiger partial charge in [-0.25, -0.2) is 0 Å². The summed E-state index contributed by atoms with van der Waals surface area (Å²) in [6.45, 7) is 0. The van der Waals surface area contributed by atoms with Crippen molar-refractivity contribution in [3.8, 4) is 0 Å². The third-order valence-corrected chi connectivity index (χ3v) is 2.34. The Labute approximate surface area is 68.0 Å². The highest BCUT2D eigenvalue weighted by molar-refractivity contribution is 6.40. The van der Waals surface area contributed by atoms with Gasteiger partial charge in [0.1, 0.15) is 0 Å². The molecule has 1 rings (SSSR count). The summed E-state index contributed by atoms with van der Waals surface area (Å²) < 4.78 is 0. The summed E-state index contributed by atoms with van der Waals surface area (Å²) in [7, 11) is -2.34. The molecule has 0 saturated carbocycles. The highest BCUT2D eigenvalue weighted by Crippen LogP contribution is 2.02. The van der Waals surface area contributed by atoms with E-state index in [4.69, 9.17) is 9.59 Å². The van der Waals surface area contributed by atoms with Crippen LogP contribution in [0.3, 0.4) is 0 Å². The molecule has 0 fully saturated rings. The molecule has 1 aromatic rings. The first-order chi connectivity index (χ1) is 5.29. The van der Waals surface area contributed by atoms with Gasteiger partial charge < -0.3 is 9.59 Å². The zero-order valence-electron chi connectivity index (χ0n) is 6.27. The number of benzene rings is 1. The van der Waals surface area contributed by atoms with Crippen LogP contribution in [0.5, 0.6) is 0 Å². The smallest absolute Gasteiger partial charge is 0.316 e. The van der Waals surface area contributed by atoms with E-state index in [1.807, 2.05) is 30.3 Å². The zero-order valence-corrected chi connectivity index (χ0v) is 7.43. The molecule has 0 heterocycles. The van der Waals surface area contributed by atoms with Gasteiger partial charge >= 0.3 is 9.28 Å². The van der Waals surface area contributed by atoms with Crippen LogP contribution in [0.1, 0.15) is 5.56 Å². The van der Waals surface area contributed by atoms with Crippen LogP contribution in [0.25, 0.3) is 0 Å². The number of hydrogen-bond donors (Lipinski definition) is 2. The highest BCUT2D eigenvalue weighted by Gasteiger charge is 2.00. The SMILES string of the molecule is O[SiH](O)CCc1ccccc1. The molecule has 0 aliphatic carbocycles. The minimum absolute atomic E-state index is 0.546. The Morgan fingerprint density at radius 1 is 1.09 bits per heavy atom. The Morgan fingerprint density at radius 3 is 2.27 bits per heavy atom. The molecule has 2 N–H and O–H groups in total. The van der Waals surface area contributed by atoms with Gasteiger partial charge in [0.15, 0.2) is 0 Å². The largest absolute Gasteiger partial charge is 0.413 e. The minimum Gasteiger partial charge on any atom is -0.413 e. The maximum Gasteiger partial charge on any atom is 0.316 e. The van der Waals surface area contributed by atoms with Gasteiger partial charge in [0.2, 0.25) is 0 Å². The zero-order chi connectivity index (χ0) is 8.10. The van der Waals surface area contributed by atoms with Gasteiger partial charge in [0.05, 0.1) is 0 Å². The summed E-state index contributed by atoms with van der Waals surface area (Å²) in [5.74, 6) is 0. The summed E-state index contributed by atoms with van der Waals surface area (Å²) in [5, 5.41) is 0. The van der Waals surface area contributed by atoms with Gasteiger partial charge in [0, 0.05) is 0 Å². The maximum atomic E-state index is 8.71. The summed E-state index contributed by atoms with van der Waals surface area (Å²) in [6, 6.07) is 10.4. The van der Waals surface area contributed by atoms with Crippen LogP contribution in [0.2, 0.25) is 6.04 Å². The van der Waals surface area contributed by atoms with Crippen molar-refractivity contribution in [2.24, 2.45) is 0 Å². The van der Waals surface area contributed by atoms with Crippen LogP contribution in [0, 0.1) is 0 Å². The standard InChI is InChI=1S/C8H12O2Si/c9-11(10)7-6-8-4-2-1-3-5-8/h1-5,9-11H,6-7H2. The molecule has 0 unspecified atom stereocenters. The number of rotatable bonds is 3. The fourth-order valence-corrected chi connectivity index (χ4v) is 1.53. The molecule has 0 atom stereocenters. The molecule has 0 amide bonds. The second-order valence-electron chi connectivity index (χ2n) is 2.50. The number of aryl methyl sites for hydroxylation is 1. The lowest BCUT2D eigenvalue weighted by Gasteiger charge is -2.00. The van der Waals surface area contributed by atoms with Crippen molar-refractivity contribution in [3.05, 3.63) is 35.9 Å². The first kappa shape index (κ1) is 8.45. The Balaban J connectivity index is 2.39. The Morgan fingerprint density at radius 2 is 1.73 bits per heavy atom. The second kappa shape index (κ2) is 4.28. The minimum atomic E-state index is -2.34. The van der Waals surface area contributed by atoms with E-state index in [-0.39, 0.29) is 0 Å². The summed E-state index contributed by atoms with van der Waals surface area (Å²) in [6.07, 6.45) is 0.782. The molecule has 0 aromatic heterocycles. The van der Waals surface area contributed by atoms with E-state index >= 15 is 0 Å². The predicted molar refractivity (Wildman–Crippen MR) is 46.5 cm³/mol. The first-order valence-corrected chi connectivity index (χ1v) is 5.54. The average Bonchev–Trinajstić information content (AvgIpc) is 2.03. The van der Waals surface area contributed by atoms with Gasteiger partial charge in [-0.15, -0.1) is 0 Å². The van der Waals surface area contributed by atoms with E-state index in [9.17, 15) is 0 Å². The normalized spacial score (nSPS) is 10.5. The molecular weight excluding hydrogens is 156 g/mol. The van der Waals surface area contributed by atoms with Crippen LogP contribution in [0.4, 0.5) is 0 Å². The van der Waals surface area contributed by atoms with Gasteiger partial charge in [-0.3, -0.25) is 0 Å². The quantitative estimate of drug-likeness (QED) is 0.643. The van der Waals surface area contributed by atoms with Crippen molar-refractivity contribution < 1.29 is 9.59 Å². The molecular formula is C8H12O2Si. The van der Waals surface area contributed by atoms with Gasteiger partial charge in [-0.2, -0.15) is 0 Å². The summed E-state index contributed by atoms with van der Waals surface area (Å²) in [5.41, 5.74) is 1.17. The molecule has 0 spiro atoms. The van der Waals surface area contributed by atoms with Crippen molar-refractivity contribution in [2.75, 3.05) is 0 Å². The molecule has 0 saturated heterocycles. The molecule has 0 aliphatic rings. The van der Waals surface area contributed by atoms with Crippen molar-refractivity contribution in [3.63, 3.8) is 0 Å². The second-order valence-corrected chi connectivity index (χ2v) is 4.04. The third kappa shape index (κ3) is 3.32. The monoisotopic (exact) mass is 168 g/mol. The number of hydrogen-bond acceptors (Lipinski definition) is 2. The molecule has 1 aromatic carbocycles. The van der Waals surface area contributed by atoms with E-state index in [0.29, 0.717) is 6.04 Å². The van der Waals surface area contributed by atoms with E-state index in [1.165, 1.54) is 5.56 Å². The van der Waals surface area contributed by atoms with E-state index in [2.05, 4.69) is 0 Å². The molecule has 11 heavy (non-hydrogen) atoms. The van der Waals surface area contributed by atoms with Gasteiger partial charge in [-0.1, -0.05) is 30.3 Å². The van der Waals surface area contributed by atoms with Crippen molar-refractivity contribution >= 4 is 9.28 Å². The topological polar surface area (TPSA) is 40.5 Å². The molecule has 3 heteroatoms. The molecule has 0 aliphatic heterocycles. The van der Waals surface area contributed by atoms with E-state index < -0.39 is 9.28 Å². The Bertz CT molecular complexity index is 199. The third-order valence-electron chi connectivity index (χ3n) is 1.53. The Kier molecular flexibility index (Phi) is 3.29. The summed E-state index contributed by atoms with van der Waals surface area (Å²) >= 11 is 0. The van der Waals surface area contributed by atoms with Crippen molar-refractivity contribution in [2.45, 2.75) is 12.5 Å². The van der Waals surface area contributed by atoms with Crippen LogP contribution >= 0.6 is 0 Å². The molecule has 60 valence electrons. The van der Waals surface area contributed by atoms with Crippen LogP contribution in [-0.4, -0.2) is 18.9 Å². The lowest BCUT2D eigenvalue weighted by molar-refractivity contribution is 0.405. The maximum absolute atomic E-state index is 8.71. The van der Waals surface area contributed by atoms with Crippen LogP contribution in [-0.2, 0) is 6.42 Å². The lowest BCUT2D eigenvalue weighted by atomic mass is 10.2. The van der Waals surface area contributed by atoms with Crippen molar-refractivity contribution in [1.82, 2.24) is 0 Å². The Hall–Kier alpha value is -0.643. The van der Waals surface area contributed by atoms with Gasteiger partial charge in [0.25, 0.3) is 0 Å². The fourth-order valence-electron chi connectivity index (χ4n) is 0.940. The average molecular weight is 168 g/mol. The summed E-state index contributed by atoms with van der Waals surface area (Å²) in [4.78, 5) is 17.4. The lowest BCUT2D eigenvalue weighted by Crippen LogP contribution is -2.10.